The zero-order chi connectivity index (χ0) is 29.1. The van der Waals surface area contributed by atoms with Crippen molar-refractivity contribution < 1.29 is 30.9 Å². The van der Waals surface area contributed by atoms with Gasteiger partial charge in [-0.25, -0.2) is 19.9 Å². The number of alkyl halides is 3. The number of carbonyl (C=O) groups excluding carboxylic acids is 1. The van der Waals surface area contributed by atoms with Gasteiger partial charge in [0.05, 0.1) is 36.8 Å². The average molecular weight is 564 g/mol. The fourth-order valence-electron chi connectivity index (χ4n) is 4.07. The van der Waals surface area contributed by atoms with Crippen LogP contribution in [0.1, 0.15) is 23.8 Å². The van der Waals surface area contributed by atoms with Crippen molar-refractivity contribution in [3.8, 4) is 17.3 Å². The lowest BCUT2D eigenvalue weighted by Crippen LogP contribution is -2.63. The first-order valence-corrected chi connectivity index (χ1v) is 11.5. The van der Waals surface area contributed by atoms with E-state index < -0.39 is 31.2 Å². The zero-order valence-electron chi connectivity index (χ0n) is 20.6. The molecule has 1 amide bonds. The predicted octanol–water partition coefficient (Wildman–Crippen LogP) is 3.30. The smallest absolute Gasteiger partial charge is 0.350 e. The lowest BCUT2D eigenvalue weighted by atomic mass is 9.87. The SMILES string of the molecule is C[C@@H](NC(=O)c1cnc(N2CC(CC#N)(n3cc(-c4ncnc5[nH]ccc45)cn3)C2)cn1)C(F)(F)F.FB(F)F. The number of nitriles is 1. The number of fused-ring (bicyclic) bond motifs is 1. The highest BCUT2D eigenvalue weighted by atomic mass is 19.4. The lowest BCUT2D eigenvalue weighted by molar-refractivity contribution is -0.149. The molecule has 0 saturated carbocycles. The Hall–Kier alpha value is -4.69. The van der Waals surface area contributed by atoms with Gasteiger partial charge < -0.3 is 15.2 Å². The Bertz CT molecular complexity index is 1510. The van der Waals surface area contributed by atoms with Crippen molar-refractivity contribution in [3.05, 3.63) is 49.1 Å². The molecule has 0 aliphatic carbocycles. The molecule has 2 N–H and O–H groups in total. The second kappa shape index (κ2) is 11.2. The maximum Gasteiger partial charge on any atom is 0.762 e. The standard InChI is InChI=1S/C22H19F3N10O.BF3/c1-13(22(23,24)25)33-20(36)16-7-29-17(8-28-16)34-10-21(11-34,3-4-26)35-9-14(6-32-35)18-15-2-5-27-19(15)31-12-30-18;2-1(3)4/h2,5-9,12-13H,3,10-11H2,1H3,(H,33,36)(H,27,30,31);/t13-;/m1./s1. The van der Waals surface area contributed by atoms with Crippen LogP contribution in [0.15, 0.2) is 43.4 Å². The predicted molar refractivity (Wildman–Crippen MR) is 130 cm³/mol. The van der Waals surface area contributed by atoms with Crippen LogP contribution in [0.5, 0.6) is 0 Å². The van der Waals surface area contributed by atoms with E-state index in [9.17, 15) is 36.2 Å². The summed E-state index contributed by atoms with van der Waals surface area (Å²) in [4.78, 5) is 33.6. The number of amides is 1. The largest absolute Gasteiger partial charge is 0.762 e. The van der Waals surface area contributed by atoms with E-state index >= 15 is 0 Å². The van der Waals surface area contributed by atoms with Gasteiger partial charge in [0.25, 0.3) is 5.91 Å². The molecule has 0 spiro atoms. The van der Waals surface area contributed by atoms with Crippen molar-refractivity contribution in [1.82, 2.24) is 40.0 Å². The highest BCUT2D eigenvalue weighted by molar-refractivity contribution is 6.33. The van der Waals surface area contributed by atoms with Crippen molar-refractivity contribution in [1.29, 1.82) is 5.26 Å². The van der Waals surface area contributed by atoms with E-state index in [-0.39, 0.29) is 12.1 Å². The van der Waals surface area contributed by atoms with Gasteiger partial charge in [-0.3, -0.25) is 22.4 Å². The van der Waals surface area contributed by atoms with Crippen molar-refractivity contribution in [2.45, 2.75) is 31.1 Å². The number of aromatic amines is 1. The third-order valence-corrected chi connectivity index (χ3v) is 6.11. The van der Waals surface area contributed by atoms with Crippen molar-refractivity contribution in [2.24, 2.45) is 0 Å². The van der Waals surface area contributed by atoms with E-state index in [4.69, 9.17) is 0 Å². The maximum atomic E-state index is 12.7. The highest BCUT2D eigenvalue weighted by Crippen LogP contribution is 2.36. The van der Waals surface area contributed by atoms with Gasteiger partial charge in [0, 0.05) is 36.4 Å². The number of H-pyrrole nitrogens is 1. The molecular weight excluding hydrogens is 545 g/mol. The Kier molecular flexibility index (Phi) is 7.93. The van der Waals surface area contributed by atoms with E-state index in [2.05, 4.69) is 36.1 Å². The van der Waals surface area contributed by atoms with Crippen LogP contribution in [-0.4, -0.2) is 73.5 Å². The number of nitrogens with one attached hydrogen (secondary N) is 2. The summed E-state index contributed by atoms with van der Waals surface area (Å²) in [6.07, 6.45) is 4.85. The molecule has 1 aliphatic heterocycles. The van der Waals surface area contributed by atoms with E-state index in [0.29, 0.717) is 24.6 Å². The van der Waals surface area contributed by atoms with Crippen molar-refractivity contribution >= 4 is 30.3 Å². The number of carbonyl (C=O) groups is 1. The van der Waals surface area contributed by atoms with Crippen LogP contribution in [0, 0.1) is 11.3 Å². The Morgan fingerprint density at radius 1 is 1.20 bits per heavy atom. The minimum atomic E-state index is -4.56. The normalized spacial score (nSPS) is 14.9. The summed E-state index contributed by atoms with van der Waals surface area (Å²) in [5, 5.41) is 16.7. The Labute approximate surface area is 222 Å². The molecule has 18 heteroatoms. The first-order chi connectivity index (χ1) is 18.9. The van der Waals surface area contributed by atoms with Gasteiger partial charge in [0.2, 0.25) is 0 Å². The molecule has 1 saturated heterocycles. The molecule has 0 bridgehead atoms. The minimum absolute atomic E-state index is 0.192. The number of hydrogen-bond acceptors (Lipinski definition) is 8. The van der Waals surface area contributed by atoms with E-state index in [0.717, 1.165) is 29.8 Å². The average Bonchev–Trinajstić information content (AvgIpc) is 3.55. The van der Waals surface area contributed by atoms with Crippen LogP contribution >= 0.6 is 0 Å². The highest BCUT2D eigenvalue weighted by Gasteiger charge is 2.46. The molecule has 0 radical (unpaired) electrons. The Morgan fingerprint density at radius 3 is 2.55 bits per heavy atom. The number of hydrogen-bond donors (Lipinski definition) is 2. The lowest BCUT2D eigenvalue weighted by Gasteiger charge is -2.49. The maximum absolute atomic E-state index is 12.7. The summed E-state index contributed by atoms with van der Waals surface area (Å²) >= 11 is 0. The molecule has 1 atom stereocenters. The fourth-order valence-corrected chi connectivity index (χ4v) is 4.07. The molecule has 208 valence electrons. The Balaban J connectivity index is 0.000000867. The number of aromatic nitrogens is 7. The van der Waals surface area contributed by atoms with Crippen LogP contribution in [0.3, 0.4) is 0 Å². The van der Waals surface area contributed by atoms with Crippen LogP contribution in [0.4, 0.5) is 31.9 Å². The molecule has 4 aromatic heterocycles. The monoisotopic (exact) mass is 564 g/mol. The third kappa shape index (κ3) is 5.97. The molecule has 11 nitrogen and oxygen atoms in total. The number of rotatable bonds is 6. The first-order valence-electron chi connectivity index (χ1n) is 11.5. The molecule has 5 heterocycles. The van der Waals surface area contributed by atoms with Gasteiger partial charge in [-0.15, -0.1) is 0 Å². The quantitative estimate of drug-likeness (QED) is 0.269. The molecular formula is C22H19BF6N10O. The van der Waals surface area contributed by atoms with Gasteiger partial charge in [-0.2, -0.15) is 23.5 Å². The van der Waals surface area contributed by atoms with Gasteiger partial charge in [0.1, 0.15) is 35.1 Å². The summed E-state index contributed by atoms with van der Waals surface area (Å²) in [7, 11) is -3.67. The van der Waals surface area contributed by atoms with Gasteiger partial charge in [-0.05, 0) is 13.0 Å². The molecule has 1 fully saturated rings. The van der Waals surface area contributed by atoms with E-state index in [1.807, 2.05) is 22.5 Å². The molecule has 0 aromatic carbocycles. The molecule has 0 unspecified atom stereocenters. The van der Waals surface area contributed by atoms with Crippen LogP contribution in [0.25, 0.3) is 22.3 Å². The first kappa shape index (κ1) is 28.3. The zero-order valence-corrected chi connectivity index (χ0v) is 20.6. The topological polar surface area (TPSA) is 141 Å². The van der Waals surface area contributed by atoms with Crippen LogP contribution in [-0.2, 0) is 5.54 Å². The Morgan fingerprint density at radius 2 is 1.93 bits per heavy atom. The fraction of sp³-hybridized carbons (Fsp3) is 0.318. The summed E-state index contributed by atoms with van der Waals surface area (Å²) in [6.45, 7) is 1.65. The van der Waals surface area contributed by atoms with Crippen LogP contribution < -0.4 is 10.2 Å². The molecule has 1 aliphatic rings. The second-order valence-corrected chi connectivity index (χ2v) is 8.80. The summed E-state index contributed by atoms with van der Waals surface area (Å²) in [5.41, 5.74) is 1.36. The summed E-state index contributed by atoms with van der Waals surface area (Å²) in [6, 6.07) is 2.08. The van der Waals surface area contributed by atoms with Gasteiger partial charge in [-0.1, -0.05) is 0 Å². The molecule has 4 aromatic rings. The number of halogens is 6. The van der Waals surface area contributed by atoms with E-state index in [1.54, 1.807) is 17.1 Å². The van der Waals surface area contributed by atoms with E-state index in [1.165, 1.54) is 12.5 Å². The minimum Gasteiger partial charge on any atom is -0.350 e. The third-order valence-electron chi connectivity index (χ3n) is 6.11. The van der Waals surface area contributed by atoms with Crippen molar-refractivity contribution in [2.75, 3.05) is 18.0 Å². The van der Waals surface area contributed by atoms with Gasteiger partial charge >= 0.3 is 13.7 Å². The summed E-state index contributed by atoms with van der Waals surface area (Å²) in [5.74, 6) is -0.534. The number of nitrogens with zero attached hydrogens (tertiary/aromatic N) is 8. The number of anilines is 1. The summed E-state index contributed by atoms with van der Waals surface area (Å²) < 4.78 is 68.8. The van der Waals surface area contributed by atoms with Crippen LogP contribution in [0.2, 0.25) is 0 Å². The molecule has 5 rings (SSSR count). The second-order valence-electron chi connectivity index (χ2n) is 8.80. The molecule has 40 heavy (non-hydrogen) atoms. The van der Waals surface area contributed by atoms with Crippen molar-refractivity contribution in [3.63, 3.8) is 0 Å². The van der Waals surface area contributed by atoms with Gasteiger partial charge in [0.15, 0.2) is 0 Å².